The number of amides is 6. The van der Waals surface area contributed by atoms with E-state index in [0.717, 1.165) is 0 Å². The summed E-state index contributed by atoms with van der Waals surface area (Å²) in [5.74, 6) is -3.44. The van der Waals surface area contributed by atoms with Crippen LogP contribution in [0.2, 0.25) is 10.0 Å². The minimum absolute atomic E-state index is 0.0485. The highest BCUT2D eigenvalue weighted by Gasteiger charge is 2.51. The van der Waals surface area contributed by atoms with Crippen LogP contribution in [0.5, 0.6) is 0 Å². The number of anilines is 2. The molecule has 19 nitrogen and oxygen atoms in total. The first-order valence-corrected chi connectivity index (χ1v) is 16.7. The van der Waals surface area contributed by atoms with Gasteiger partial charge in [-0.25, -0.2) is 30.5 Å². The van der Waals surface area contributed by atoms with Crippen molar-refractivity contribution in [1.82, 2.24) is 53.0 Å². The quantitative estimate of drug-likeness (QED) is 0.151. The summed E-state index contributed by atoms with van der Waals surface area (Å²) >= 11 is 11.9. The third-order valence-electron chi connectivity index (χ3n) is 8.18. The van der Waals surface area contributed by atoms with E-state index in [-0.39, 0.29) is 11.9 Å². The highest BCUT2D eigenvalue weighted by Crippen LogP contribution is 2.23. The molecular formula is C32H30Cl2N14O5. The maximum atomic E-state index is 14.1. The van der Waals surface area contributed by atoms with Gasteiger partial charge in [0.25, 0.3) is 0 Å². The molecule has 6 amide bonds. The number of benzene rings is 3. The number of carbonyl (C=O) groups is 5. The van der Waals surface area contributed by atoms with Crippen LogP contribution in [0, 0.1) is 5.92 Å². The summed E-state index contributed by atoms with van der Waals surface area (Å²) in [7, 11) is 0. The number of allylic oxidation sites excluding steroid dienone is 1. The van der Waals surface area contributed by atoms with Crippen LogP contribution in [0.25, 0.3) is 6.08 Å². The molecule has 272 valence electrons. The van der Waals surface area contributed by atoms with Gasteiger partial charge in [-0.15, -0.1) is 10.2 Å². The second-order valence-corrected chi connectivity index (χ2v) is 12.6. The molecule has 0 bridgehead atoms. The molecule has 10 N–H and O–H groups in total. The number of hydrogen-bond donors (Lipinski definition) is 10. The predicted molar refractivity (Wildman–Crippen MR) is 194 cm³/mol. The number of guanidine groups is 2. The zero-order chi connectivity index (χ0) is 37.1. The lowest BCUT2D eigenvalue weighted by atomic mass is 9.85. The minimum atomic E-state index is -1.42. The molecule has 4 heterocycles. The Labute approximate surface area is 310 Å². The standard InChI is InChI=1S/C32H30Cl2N14O5/c33-17-7-11-19(12-8-17)35-31(52)39-29-43-41-27-37-25(50)23(45-47(27)29)22(21(49)15-6-16-4-2-1-3-5-16)24-26(51)38-28-42-44-30(48(28)46-24)40-32(53)36-20-13-9-18(34)10-14-20/h1-15,22-24,27-28,41-42,45-46H,(H,37,50)(H,38,51)(H2,35,39,43,52)(H2,36,40,44,53)/b15-6+. The number of ketones is 1. The predicted octanol–water partition coefficient (Wildman–Crippen LogP) is 0.761. The number of hydrazone groups is 2. The van der Waals surface area contributed by atoms with Crippen molar-refractivity contribution in [3.8, 4) is 0 Å². The zero-order valence-corrected chi connectivity index (χ0v) is 28.6. The first kappa shape index (κ1) is 35.0. The van der Waals surface area contributed by atoms with Crippen LogP contribution < -0.4 is 53.6 Å². The van der Waals surface area contributed by atoms with Gasteiger partial charge in [-0.1, -0.05) is 59.6 Å². The molecule has 4 aliphatic rings. The second-order valence-electron chi connectivity index (χ2n) is 11.7. The molecule has 0 aromatic heterocycles. The van der Waals surface area contributed by atoms with Crippen LogP contribution in [0.3, 0.4) is 0 Å². The molecule has 7 rings (SSSR count). The molecule has 53 heavy (non-hydrogen) atoms. The van der Waals surface area contributed by atoms with Gasteiger partial charge in [0, 0.05) is 21.4 Å². The monoisotopic (exact) mass is 760 g/mol. The fraction of sp³-hybridized carbons (Fsp3) is 0.156. The summed E-state index contributed by atoms with van der Waals surface area (Å²) in [4.78, 5) is 67.2. The van der Waals surface area contributed by atoms with Crippen molar-refractivity contribution in [2.24, 2.45) is 16.1 Å². The van der Waals surface area contributed by atoms with Crippen molar-refractivity contribution >= 4 is 82.2 Å². The Morgan fingerprint density at radius 1 is 0.660 bits per heavy atom. The number of carbonyl (C=O) groups excluding carboxylic acids is 5. The molecule has 4 atom stereocenters. The Hall–Kier alpha value is -6.41. The van der Waals surface area contributed by atoms with E-state index in [0.29, 0.717) is 27.0 Å². The van der Waals surface area contributed by atoms with Gasteiger partial charge in [-0.2, -0.15) is 0 Å². The number of fused-ring (bicyclic) bond motifs is 2. The molecule has 0 spiro atoms. The molecule has 0 saturated carbocycles. The van der Waals surface area contributed by atoms with E-state index in [1.165, 1.54) is 16.1 Å². The largest absolute Gasteiger partial charge is 0.326 e. The van der Waals surface area contributed by atoms with Crippen LogP contribution in [-0.4, -0.2) is 76.3 Å². The third kappa shape index (κ3) is 7.92. The molecule has 2 fully saturated rings. The highest BCUT2D eigenvalue weighted by atomic mass is 35.5. The van der Waals surface area contributed by atoms with Crippen LogP contribution >= 0.6 is 23.2 Å². The normalized spacial score (nSPS) is 22.2. The van der Waals surface area contributed by atoms with E-state index >= 15 is 0 Å². The Balaban J connectivity index is 1.11. The summed E-state index contributed by atoms with van der Waals surface area (Å²) in [5, 5.41) is 27.7. The van der Waals surface area contributed by atoms with E-state index in [1.54, 1.807) is 78.9 Å². The molecule has 4 aliphatic heterocycles. The summed E-state index contributed by atoms with van der Waals surface area (Å²) in [6.07, 6.45) is 0.916. The zero-order valence-electron chi connectivity index (χ0n) is 27.1. The van der Waals surface area contributed by atoms with E-state index in [4.69, 9.17) is 23.2 Å². The summed E-state index contributed by atoms with van der Waals surface area (Å²) in [5.41, 5.74) is 12.9. The third-order valence-corrected chi connectivity index (χ3v) is 8.68. The maximum Gasteiger partial charge on any atom is 0.326 e. The van der Waals surface area contributed by atoms with Crippen molar-refractivity contribution in [2.75, 3.05) is 10.6 Å². The van der Waals surface area contributed by atoms with Gasteiger partial charge >= 0.3 is 12.1 Å². The highest BCUT2D eigenvalue weighted by molar-refractivity contribution is 6.31. The fourth-order valence-corrected chi connectivity index (χ4v) is 5.93. The summed E-state index contributed by atoms with van der Waals surface area (Å²) in [6, 6.07) is 17.7. The molecule has 4 unspecified atom stereocenters. The first-order valence-electron chi connectivity index (χ1n) is 15.9. The number of halogens is 2. The molecule has 2 saturated heterocycles. The molecular weight excluding hydrogens is 731 g/mol. The van der Waals surface area contributed by atoms with Crippen LogP contribution in [0.15, 0.2) is 95.1 Å². The van der Waals surface area contributed by atoms with Crippen molar-refractivity contribution in [3.63, 3.8) is 0 Å². The van der Waals surface area contributed by atoms with Gasteiger partial charge in [0.2, 0.25) is 36.3 Å². The van der Waals surface area contributed by atoms with Crippen molar-refractivity contribution in [1.29, 1.82) is 0 Å². The second kappa shape index (κ2) is 15.1. The lowest BCUT2D eigenvalue weighted by molar-refractivity contribution is -0.143. The number of nitrogens with one attached hydrogen (secondary N) is 10. The first-order chi connectivity index (χ1) is 25.6. The Kier molecular flexibility index (Phi) is 9.95. The van der Waals surface area contributed by atoms with Crippen molar-refractivity contribution < 1.29 is 24.0 Å². The molecule has 3 aromatic rings. The smallest absolute Gasteiger partial charge is 0.315 e. The molecule has 3 aromatic carbocycles. The lowest BCUT2D eigenvalue weighted by Gasteiger charge is -2.44. The van der Waals surface area contributed by atoms with Crippen molar-refractivity contribution in [3.05, 3.63) is 101 Å². The number of hydrazine groups is 2. The molecule has 21 heteroatoms. The summed E-state index contributed by atoms with van der Waals surface area (Å²) in [6.45, 7) is 0. The van der Waals surface area contributed by atoms with Crippen LogP contribution in [0.4, 0.5) is 21.0 Å². The lowest BCUT2D eigenvalue weighted by Crippen LogP contribution is -2.77. The topological polar surface area (TPSA) is 237 Å². The molecule has 0 aliphatic carbocycles. The van der Waals surface area contributed by atoms with Gasteiger partial charge in [-0.3, -0.25) is 35.9 Å². The van der Waals surface area contributed by atoms with Gasteiger partial charge in [0.1, 0.15) is 12.1 Å². The van der Waals surface area contributed by atoms with E-state index in [9.17, 15) is 24.0 Å². The summed E-state index contributed by atoms with van der Waals surface area (Å²) < 4.78 is 0. The van der Waals surface area contributed by atoms with Crippen molar-refractivity contribution in [2.45, 2.75) is 24.7 Å². The maximum absolute atomic E-state index is 14.1. The average Bonchev–Trinajstić information content (AvgIpc) is 3.71. The minimum Gasteiger partial charge on any atom is -0.315 e. The van der Waals surface area contributed by atoms with Crippen LogP contribution in [-0.2, 0) is 14.4 Å². The van der Waals surface area contributed by atoms with Gasteiger partial charge in [0.05, 0.1) is 5.92 Å². The van der Waals surface area contributed by atoms with Gasteiger partial charge in [-0.05, 0) is 60.2 Å². The molecule has 0 radical (unpaired) electrons. The number of nitrogens with zero attached hydrogens (tertiary/aromatic N) is 4. The van der Waals surface area contributed by atoms with Gasteiger partial charge in [0.15, 0.2) is 5.78 Å². The van der Waals surface area contributed by atoms with E-state index < -0.39 is 60.2 Å². The SMILES string of the molecule is O=C(NC1=NNC2NC(=O)C(C(C(=O)/C=C/c3ccccc3)C3NN4C(NC(=O)Nc5ccc(Cl)cc5)=NNC4NC3=O)NN12)Nc1ccc(Cl)cc1. The number of urea groups is 2. The Morgan fingerprint density at radius 2 is 1.11 bits per heavy atom. The van der Waals surface area contributed by atoms with Crippen LogP contribution in [0.1, 0.15) is 5.56 Å². The number of hydrogen-bond acceptors (Lipinski definition) is 13. The Morgan fingerprint density at radius 3 is 1.57 bits per heavy atom. The average molecular weight is 762 g/mol. The Bertz CT molecular complexity index is 1900. The fourth-order valence-electron chi connectivity index (χ4n) is 5.68. The van der Waals surface area contributed by atoms with E-state index in [2.05, 4.69) is 63.8 Å². The number of rotatable bonds is 7. The van der Waals surface area contributed by atoms with E-state index in [1.807, 2.05) is 6.07 Å². The van der Waals surface area contributed by atoms with Gasteiger partial charge < -0.3 is 21.3 Å².